The third-order valence-electron chi connectivity index (χ3n) is 4.29. The van der Waals surface area contributed by atoms with E-state index in [1.54, 1.807) is 11.3 Å². The summed E-state index contributed by atoms with van der Waals surface area (Å²) in [7, 11) is 2.17. The number of hydrogen-bond acceptors (Lipinski definition) is 5. The normalized spacial score (nSPS) is 24.8. The van der Waals surface area contributed by atoms with Crippen LogP contribution in [0.25, 0.3) is 0 Å². The molecule has 3 rings (SSSR count). The van der Waals surface area contributed by atoms with Crippen molar-refractivity contribution in [3.05, 3.63) is 11.6 Å². The summed E-state index contributed by atoms with van der Waals surface area (Å²) in [5, 5.41) is 3.13. The highest BCUT2D eigenvalue weighted by Gasteiger charge is 2.21. The first-order valence-electron chi connectivity index (χ1n) is 7.60. The van der Waals surface area contributed by atoms with Crippen molar-refractivity contribution in [3.8, 4) is 0 Å². The molecule has 7 heteroatoms. The van der Waals surface area contributed by atoms with Gasteiger partial charge in [-0.15, -0.1) is 11.3 Å². The highest BCUT2D eigenvalue weighted by atomic mass is 32.1. The Kier molecular flexibility index (Phi) is 4.60. The Labute approximate surface area is 130 Å². The van der Waals surface area contributed by atoms with Crippen LogP contribution >= 0.6 is 11.3 Å². The smallest absolute Gasteiger partial charge is 0.191 e. The molecule has 2 fully saturated rings. The largest absolute Gasteiger partial charge is 0.370 e. The molecule has 2 aliphatic rings. The predicted molar refractivity (Wildman–Crippen MR) is 88.0 cm³/mol. The van der Waals surface area contributed by atoms with E-state index in [2.05, 4.69) is 31.7 Å². The molecule has 1 atom stereocenters. The molecule has 0 aromatic carbocycles. The van der Waals surface area contributed by atoms with Crippen molar-refractivity contribution in [1.29, 1.82) is 0 Å². The quantitative estimate of drug-likeness (QED) is 0.652. The first kappa shape index (κ1) is 14.6. The second-order valence-electron chi connectivity index (χ2n) is 5.90. The molecule has 1 aromatic rings. The van der Waals surface area contributed by atoms with Crippen LogP contribution in [0, 0.1) is 5.92 Å². The monoisotopic (exact) mass is 308 g/mol. The van der Waals surface area contributed by atoms with Crippen LogP contribution in [0.4, 0.5) is 5.13 Å². The standard InChI is InChI=1S/C14H24N6S/c1-18-4-2-12(11-18)10-17-13(15)19-5-7-20(8-6-19)14-16-3-9-21-14/h3,9,12H,2,4-8,10-11H2,1H3,(H2,15,17). The van der Waals surface area contributed by atoms with Crippen molar-refractivity contribution < 1.29 is 0 Å². The van der Waals surface area contributed by atoms with Gasteiger partial charge in [-0.25, -0.2) is 4.98 Å². The number of anilines is 1. The Morgan fingerprint density at radius 1 is 1.38 bits per heavy atom. The van der Waals surface area contributed by atoms with Crippen LogP contribution in [-0.4, -0.2) is 73.6 Å². The van der Waals surface area contributed by atoms with Gasteiger partial charge >= 0.3 is 0 Å². The SMILES string of the molecule is CN1CCC(CN=C(N)N2CCN(c3nccs3)CC2)C1. The number of thiazole rings is 1. The molecule has 6 nitrogen and oxygen atoms in total. The lowest BCUT2D eigenvalue weighted by Gasteiger charge is -2.35. The number of rotatable bonds is 3. The van der Waals surface area contributed by atoms with Gasteiger partial charge in [0.1, 0.15) is 0 Å². The molecule has 0 amide bonds. The summed E-state index contributed by atoms with van der Waals surface area (Å²) in [5.41, 5.74) is 6.16. The van der Waals surface area contributed by atoms with Crippen LogP contribution < -0.4 is 10.6 Å². The minimum absolute atomic E-state index is 0.671. The molecule has 0 bridgehead atoms. The average molecular weight is 308 g/mol. The summed E-state index contributed by atoms with van der Waals surface area (Å²) >= 11 is 1.70. The Morgan fingerprint density at radius 2 is 2.19 bits per heavy atom. The molecular weight excluding hydrogens is 284 g/mol. The molecule has 1 aromatic heterocycles. The molecule has 116 valence electrons. The van der Waals surface area contributed by atoms with E-state index in [4.69, 9.17) is 5.73 Å². The molecule has 1 unspecified atom stereocenters. The number of aliphatic imine (C=N–C) groups is 1. The van der Waals surface area contributed by atoms with Gasteiger partial charge in [-0.1, -0.05) is 0 Å². The van der Waals surface area contributed by atoms with Gasteiger partial charge in [0.05, 0.1) is 0 Å². The van der Waals surface area contributed by atoms with E-state index in [0.29, 0.717) is 11.9 Å². The molecule has 0 aliphatic carbocycles. The molecule has 2 N–H and O–H groups in total. The van der Waals surface area contributed by atoms with Crippen molar-refractivity contribution >= 4 is 22.4 Å². The van der Waals surface area contributed by atoms with E-state index in [1.165, 1.54) is 13.0 Å². The number of piperazine rings is 1. The fraction of sp³-hybridized carbons (Fsp3) is 0.714. The van der Waals surface area contributed by atoms with Crippen LogP contribution in [0.15, 0.2) is 16.6 Å². The number of nitrogens with zero attached hydrogens (tertiary/aromatic N) is 5. The average Bonchev–Trinajstić information content (AvgIpc) is 3.16. The van der Waals surface area contributed by atoms with E-state index in [1.807, 2.05) is 11.6 Å². The highest BCUT2D eigenvalue weighted by molar-refractivity contribution is 7.13. The topological polar surface area (TPSA) is 61.0 Å². The summed E-state index contributed by atoms with van der Waals surface area (Å²) in [5.74, 6) is 1.38. The van der Waals surface area contributed by atoms with Crippen molar-refractivity contribution in [1.82, 2.24) is 14.8 Å². The zero-order valence-electron chi connectivity index (χ0n) is 12.6. The summed E-state index contributed by atoms with van der Waals surface area (Å²) in [6.07, 6.45) is 3.10. The van der Waals surface area contributed by atoms with Gasteiger partial charge in [0.15, 0.2) is 11.1 Å². The zero-order valence-corrected chi connectivity index (χ0v) is 13.4. The molecular formula is C14H24N6S. The van der Waals surface area contributed by atoms with Gasteiger partial charge in [0, 0.05) is 50.8 Å². The van der Waals surface area contributed by atoms with E-state index in [-0.39, 0.29) is 0 Å². The van der Waals surface area contributed by atoms with Gasteiger partial charge in [-0.05, 0) is 25.9 Å². The first-order chi connectivity index (χ1) is 10.2. The van der Waals surface area contributed by atoms with Crippen LogP contribution in [0.2, 0.25) is 0 Å². The first-order valence-corrected chi connectivity index (χ1v) is 8.48. The van der Waals surface area contributed by atoms with Gasteiger partial charge in [0.25, 0.3) is 0 Å². The van der Waals surface area contributed by atoms with Gasteiger partial charge in [0.2, 0.25) is 0 Å². The third kappa shape index (κ3) is 3.65. The van der Waals surface area contributed by atoms with Gasteiger partial charge < -0.3 is 20.4 Å². The van der Waals surface area contributed by atoms with Crippen molar-refractivity contribution in [2.75, 3.05) is 57.8 Å². The fourth-order valence-electron chi connectivity index (χ4n) is 3.00. The number of guanidine groups is 1. The molecule has 2 aliphatic heterocycles. The Bertz CT molecular complexity index is 466. The number of nitrogens with two attached hydrogens (primary N) is 1. The van der Waals surface area contributed by atoms with Crippen molar-refractivity contribution in [2.24, 2.45) is 16.6 Å². The molecule has 0 radical (unpaired) electrons. The Balaban J connectivity index is 1.47. The Hall–Kier alpha value is -1.34. The van der Waals surface area contributed by atoms with E-state index >= 15 is 0 Å². The third-order valence-corrected chi connectivity index (χ3v) is 5.13. The van der Waals surface area contributed by atoms with Crippen LogP contribution in [0.5, 0.6) is 0 Å². The molecule has 3 heterocycles. The fourth-order valence-corrected chi connectivity index (χ4v) is 3.69. The summed E-state index contributed by atoms with van der Waals surface area (Å²) in [4.78, 5) is 15.9. The molecule has 0 saturated carbocycles. The van der Waals surface area contributed by atoms with Crippen molar-refractivity contribution in [2.45, 2.75) is 6.42 Å². The zero-order chi connectivity index (χ0) is 14.7. The van der Waals surface area contributed by atoms with Gasteiger partial charge in [-0.2, -0.15) is 0 Å². The maximum atomic E-state index is 6.16. The Morgan fingerprint density at radius 3 is 2.81 bits per heavy atom. The van der Waals surface area contributed by atoms with E-state index < -0.39 is 0 Å². The maximum Gasteiger partial charge on any atom is 0.191 e. The minimum Gasteiger partial charge on any atom is -0.370 e. The lowest BCUT2D eigenvalue weighted by Crippen LogP contribution is -2.51. The lowest BCUT2D eigenvalue weighted by molar-refractivity contribution is 0.376. The van der Waals surface area contributed by atoms with E-state index in [9.17, 15) is 0 Å². The maximum absolute atomic E-state index is 6.16. The second kappa shape index (κ2) is 6.62. The minimum atomic E-state index is 0.671. The van der Waals surface area contributed by atoms with Crippen LogP contribution in [0.1, 0.15) is 6.42 Å². The summed E-state index contributed by atoms with van der Waals surface area (Å²) in [6, 6.07) is 0. The number of likely N-dealkylation sites (tertiary alicyclic amines) is 1. The van der Waals surface area contributed by atoms with E-state index in [0.717, 1.165) is 44.4 Å². The lowest BCUT2D eigenvalue weighted by atomic mass is 10.1. The molecule has 21 heavy (non-hydrogen) atoms. The summed E-state index contributed by atoms with van der Waals surface area (Å²) in [6.45, 7) is 6.99. The predicted octanol–water partition coefficient (Wildman–Crippen LogP) is 0.531. The van der Waals surface area contributed by atoms with Crippen molar-refractivity contribution in [3.63, 3.8) is 0 Å². The number of aromatic nitrogens is 1. The van der Waals surface area contributed by atoms with Crippen LogP contribution in [0.3, 0.4) is 0 Å². The van der Waals surface area contributed by atoms with Gasteiger partial charge in [-0.3, -0.25) is 4.99 Å². The second-order valence-corrected chi connectivity index (χ2v) is 6.78. The molecule has 2 saturated heterocycles. The van der Waals surface area contributed by atoms with Crippen LogP contribution in [-0.2, 0) is 0 Å². The summed E-state index contributed by atoms with van der Waals surface area (Å²) < 4.78 is 0. The highest BCUT2D eigenvalue weighted by Crippen LogP contribution is 2.19. The molecule has 0 spiro atoms. The number of hydrogen-bond donors (Lipinski definition) is 1.